The van der Waals surface area contributed by atoms with Gasteiger partial charge in [0.05, 0.1) is 10.8 Å². The van der Waals surface area contributed by atoms with Crippen LogP contribution in [0.5, 0.6) is 0 Å². The van der Waals surface area contributed by atoms with E-state index in [1.54, 1.807) is 5.57 Å². The van der Waals surface area contributed by atoms with Crippen LogP contribution in [-0.4, -0.2) is 0 Å². The summed E-state index contributed by atoms with van der Waals surface area (Å²) in [7, 11) is 0. The molecule has 1 spiro atoms. The number of rotatable bonds is 2. The number of allylic oxidation sites excluding steroid dienone is 4. The molecular weight excluding hydrogens is 645 g/mol. The number of benzene rings is 7. The van der Waals surface area contributed by atoms with E-state index in [1.807, 2.05) is 11.3 Å². The molecule has 0 amide bonds. The second-order valence-corrected chi connectivity index (χ2v) is 16.2. The highest BCUT2D eigenvalue weighted by Gasteiger charge is 2.61. The van der Waals surface area contributed by atoms with Gasteiger partial charge in [0.1, 0.15) is 0 Å². The predicted octanol–water partition coefficient (Wildman–Crippen LogP) is 13.1. The van der Waals surface area contributed by atoms with Crippen molar-refractivity contribution in [2.45, 2.75) is 24.2 Å². The van der Waals surface area contributed by atoms with Crippen molar-refractivity contribution in [3.8, 4) is 22.3 Å². The Hall–Kier alpha value is -5.76. The third kappa shape index (κ3) is 3.35. The zero-order valence-corrected chi connectivity index (χ0v) is 29.7. The molecule has 0 fully saturated rings. The highest BCUT2D eigenvalue weighted by molar-refractivity contribution is 7.25. The molecule has 244 valence electrons. The third-order valence-corrected chi connectivity index (χ3v) is 13.8. The fourth-order valence-electron chi connectivity index (χ4n) is 11.0. The van der Waals surface area contributed by atoms with E-state index in [1.165, 1.54) is 92.5 Å². The smallest absolute Gasteiger partial charge is 0.0716 e. The molecule has 0 N–H and O–H groups in total. The standard InChI is InChI=1S/C51H34S/c1-31-28-39-35-16-5-8-20-40(35)50(33-14-3-2-4-15-33)42-22-10-11-23-43(42)51(45(29-31)49(39)50)41-21-9-6-18-37(41)48-34(19-13-24-44(48)51)32-26-27-47-38(30-32)36-17-7-12-25-46(36)52-47/h2-28,30-31H,29H2,1H3. The molecule has 52 heavy (non-hydrogen) atoms. The first kappa shape index (κ1) is 28.9. The van der Waals surface area contributed by atoms with Gasteiger partial charge in [-0.05, 0) is 108 Å². The highest BCUT2D eigenvalue weighted by Crippen LogP contribution is 2.71. The van der Waals surface area contributed by atoms with Crippen molar-refractivity contribution in [2.24, 2.45) is 5.92 Å². The molecule has 4 aliphatic rings. The van der Waals surface area contributed by atoms with Crippen LogP contribution in [0.2, 0.25) is 0 Å². The maximum atomic E-state index is 2.59. The molecule has 1 aromatic heterocycles. The molecule has 3 unspecified atom stereocenters. The molecule has 3 atom stereocenters. The van der Waals surface area contributed by atoms with E-state index in [0.717, 1.165) is 6.42 Å². The fourth-order valence-corrected chi connectivity index (χ4v) is 12.1. The molecule has 7 aromatic carbocycles. The van der Waals surface area contributed by atoms with Gasteiger partial charge in [0, 0.05) is 20.2 Å². The summed E-state index contributed by atoms with van der Waals surface area (Å²) in [6, 6.07) is 62.6. The van der Waals surface area contributed by atoms with Crippen LogP contribution in [0.15, 0.2) is 181 Å². The van der Waals surface area contributed by atoms with Gasteiger partial charge < -0.3 is 0 Å². The van der Waals surface area contributed by atoms with Crippen molar-refractivity contribution >= 4 is 37.1 Å². The van der Waals surface area contributed by atoms with Crippen molar-refractivity contribution in [3.05, 3.63) is 220 Å². The van der Waals surface area contributed by atoms with Crippen LogP contribution < -0.4 is 0 Å². The summed E-state index contributed by atoms with van der Waals surface area (Å²) in [5.41, 5.74) is 18.9. The first-order chi connectivity index (χ1) is 25.7. The second kappa shape index (κ2) is 10.2. The minimum absolute atomic E-state index is 0.388. The summed E-state index contributed by atoms with van der Waals surface area (Å²) in [5, 5.41) is 2.69. The van der Waals surface area contributed by atoms with Crippen molar-refractivity contribution in [1.82, 2.24) is 0 Å². The summed E-state index contributed by atoms with van der Waals surface area (Å²) in [5.74, 6) is 0.407. The normalized spacial score (nSPS) is 21.9. The van der Waals surface area contributed by atoms with Gasteiger partial charge in [-0.25, -0.2) is 0 Å². The van der Waals surface area contributed by atoms with E-state index in [9.17, 15) is 0 Å². The first-order valence-electron chi connectivity index (χ1n) is 18.6. The Morgan fingerprint density at radius 3 is 1.94 bits per heavy atom. The van der Waals surface area contributed by atoms with Crippen molar-refractivity contribution in [3.63, 3.8) is 0 Å². The zero-order chi connectivity index (χ0) is 34.2. The van der Waals surface area contributed by atoms with Crippen molar-refractivity contribution < 1.29 is 0 Å². The van der Waals surface area contributed by atoms with Crippen LogP contribution in [-0.2, 0) is 10.8 Å². The maximum Gasteiger partial charge on any atom is 0.0716 e. The number of fused-ring (bicyclic) bond motifs is 15. The Labute approximate surface area is 308 Å². The van der Waals surface area contributed by atoms with Gasteiger partial charge in [-0.2, -0.15) is 0 Å². The van der Waals surface area contributed by atoms with Crippen LogP contribution in [0.1, 0.15) is 52.3 Å². The van der Waals surface area contributed by atoms with E-state index < -0.39 is 5.41 Å². The van der Waals surface area contributed by atoms with Gasteiger partial charge in [0.2, 0.25) is 0 Å². The lowest BCUT2D eigenvalue weighted by Gasteiger charge is -2.50. The topological polar surface area (TPSA) is 0 Å². The Balaban J connectivity index is 1.24. The molecule has 1 heteroatoms. The van der Waals surface area contributed by atoms with Crippen LogP contribution in [0.4, 0.5) is 0 Å². The molecular formula is C51H34S. The summed E-state index contributed by atoms with van der Waals surface area (Å²) >= 11 is 1.89. The van der Waals surface area contributed by atoms with Crippen molar-refractivity contribution in [1.29, 1.82) is 0 Å². The van der Waals surface area contributed by atoms with E-state index in [-0.39, 0.29) is 5.41 Å². The molecule has 0 saturated carbocycles. The van der Waals surface area contributed by atoms with Gasteiger partial charge in [-0.15, -0.1) is 11.3 Å². The maximum absolute atomic E-state index is 2.59. The summed E-state index contributed by atoms with van der Waals surface area (Å²) in [6.45, 7) is 2.43. The molecule has 8 aromatic rings. The average Bonchev–Trinajstić information content (AvgIpc) is 3.83. The second-order valence-electron chi connectivity index (χ2n) is 15.2. The van der Waals surface area contributed by atoms with Gasteiger partial charge in [0.25, 0.3) is 0 Å². The van der Waals surface area contributed by atoms with Crippen LogP contribution >= 0.6 is 11.3 Å². The Morgan fingerprint density at radius 1 is 0.500 bits per heavy atom. The predicted molar refractivity (Wildman–Crippen MR) is 218 cm³/mol. The molecule has 0 aliphatic heterocycles. The van der Waals surface area contributed by atoms with Crippen LogP contribution in [0.3, 0.4) is 0 Å². The minimum Gasteiger partial charge on any atom is -0.135 e. The average molecular weight is 679 g/mol. The number of hydrogen-bond donors (Lipinski definition) is 0. The van der Waals surface area contributed by atoms with E-state index in [0.29, 0.717) is 5.92 Å². The van der Waals surface area contributed by atoms with E-state index in [2.05, 4.69) is 177 Å². The Kier molecular flexibility index (Phi) is 5.66. The fraction of sp³-hybridized carbons (Fsp3) is 0.0980. The zero-order valence-electron chi connectivity index (χ0n) is 28.9. The van der Waals surface area contributed by atoms with E-state index in [4.69, 9.17) is 0 Å². The van der Waals surface area contributed by atoms with E-state index >= 15 is 0 Å². The van der Waals surface area contributed by atoms with Gasteiger partial charge >= 0.3 is 0 Å². The lowest BCUT2D eigenvalue weighted by molar-refractivity contribution is 0.558. The molecule has 4 aliphatic carbocycles. The minimum atomic E-state index is -0.416. The third-order valence-electron chi connectivity index (χ3n) is 12.7. The lowest BCUT2D eigenvalue weighted by Crippen LogP contribution is -2.44. The summed E-state index contributed by atoms with van der Waals surface area (Å²) in [6.07, 6.45) is 3.60. The number of thiophene rings is 1. The Morgan fingerprint density at radius 2 is 1.12 bits per heavy atom. The molecule has 12 rings (SSSR count). The summed E-state index contributed by atoms with van der Waals surface area (Å²) in [4.78, 5) is 0. The Bertz CT molecular complexity index is 2900. The first-order valence-corrected chi connectivity index (χ1v) is 19.4. The monoisotopic (exact) mass is 678 g/mol. The van der Waals surface area contributed by atoms with Gasteiger partial charge in [0.15, 0.2) is 0 Å². The van der Waals surface area contributed by atoms with Crippen LogP contribution in [0, 0.1) is 5.92 Å². The molecule has 0 nitrogen and oxygen atoms in total. The SMILES string of the molecule is CC1C=C2C3=C(C1)C1(c4ccccc4-c4c(-c5ccc6sc7ccccc7c6c5)cccc41)c1ccccc1C3(c1ccccc1)c1ccccc12. The van der Waals surface area contributed by atoms with Gasteiger partial charge in [-0.3, -0.25) is 0 Å². The molecule has 0 saturated heterocycles. The van der Waals surface area contributed by atoms with Gasteiger partial charge in [-0.1, -0.05) is 159 Å². The molecule has 1 heterocycles. The summed E-state index contributed by atoms with van der Waals surface area (Å²) < 4.78 is 2.69. The largest absolute Gasteiger partial charge is 0.135 e. The quantitative estimate of drug-likeness (QED) is 0.171. The highest BCUT2D eigenvalue weighted by atomic mass is 32.1. The molecule has 0 radical (unpaired) electrons. The number of hydrogen-bond acceptors (Lipinski definition) is 1. The molecule has 0 bridgehead atoms. The lowest BCUT2D eigenvalue weighted by atomic mass is 9.51. The van der Waals surface area contributed by atoms with Crippen molar-refractivity contribution in [2.75, 3.05) is 0 Å². The van der Waals surface area contributed by atoms with Crippen LogP contribution in [0.25, 0.3) is 48.0 Å².